The Kier molecular flexibility index (Phi) is 8.73. The van der Waals surface area contributed by atoms with E-state index in [-0.39, 0.29) is 41.2 Å². The van der Waals surface area contributed by atoms with E-state index in [1.165, 1.54) is 4.90 Å². The number of imidazole rings is 1. The van der Waals surface area contributed by atoms with Crippen LogP contribution >= 0.6 is 12.6 Å². The number of aromatic nitrogens is 4. The highest BCUT2D eigenvalue weighted by atomic mass is 32.1. The van der Waals surface area contributed by atoms with Gasteiger partial charge in [-0.3, -0.25) is 19.6 Å². The normalized spacial score (nSPS) is 11.7. The number of aryl methyl sites for hydroxylation is 2. The van der Waals surface area contributed by atoms with Gasteiger partial charge in [-0.25, -0.2) is 4.98 Å². The fourth-order valence-corrected chi connectivity index (χ4v) is 4.89. The van der Waals surface area contributed by atoms with E-state index in [1.807, 2.05) is 31.2 Å². The SMILES string of the molecule is Cc1ccc(C(=N)N)cc1Oc1nc(Oc2cccc(C(=O)N(C)C)c2)c2nc(C)n(C(Cc3ccc(S)cc3)C(N)=O)c2n1. The molecule has 0 aliphatic rings. The number of primary amides is 1. The van der Waals surface area contributed by atoms with Gasteiger partial charge in [0.05, 0.1) is 0 Å². The fourth-order valence-electron chi connectivity index (χ4n) is 4.74. The zero-order chi connectivity index (χ0) is 32.4. The molecule has 2 heterocycles. The summed E-state index contributed by atoms with van der Waals surface area (Å²) < 4.78 is 14.0. The van der Waals surface area contributed by atoms with Gasteiger partial charge in [-0.15, -0.1) is 12.6 Å². The van der Waals surface area contributed by atoms with Gasteiger partial charge in [-0.1, -0.05) is 30.3 Å². The lowest BCUT2D eigenvalue weighted by molar-refractivity contribution is -0.121. The molecule has 13 heteroatoms. The maximum Gasteiger partial charge on any atom is 0.327 e. The second-order valence-corrected chi connectivity index (χ2v) is 11.1. The van der Waals surface area contributed by atoms with Crippen molar-refractivity contribution < 1.29 is 19.1 Å². The van der Waals surface area contributed by atoms with Gasteiger partial charge in [0.1, 0.15) is 29.2 Å². The Hall–Kier alpha value is -5.43. The molecule has 0 fully saturated rings. The van der Waals surface area contributed by atoms with Gasteiger partial charge in [0, 0.05) is 36.5 Å². The van der Waals surface area contributed by atoms with Crippen LogP contribution in [-0.2, 0) is 11.2 Å². The first-order valence-corrected chi connectivity index (χ1v) is 14.3. The van der Waals surface area contributed by atoms with Crippen molar-refractivity contribution in [1.82, 2.24) is 24.4 Å². The third kappa shape index (κ3) is 6.73. The Morgan fingerprint density at radius 2 is 1.69 bits per heavy atom. The quantitative estimate of drug-likeness (QED) is 0.0992. The molecule has 0 aliphatic carbocycles. The van der Waals surface area contributed by atoms with Crippen molar-refractivity contribution in [1.29, 1.82) is 5.41 Å². The van der Waals surface area contributed by atoms with Crippen LogP contribution in [0.1, 0.15) is 38.9 Å². The number of nitrogens with two attached hydrogens (primary N) is 2. The van der Waals surface area contributed by atoms with E-state index >= 15 is 0 Å². The van der Waals surface area contributed by atoms with Crippen LogP contribution in [0.15, 0.2) is 71.6 Å². The molecule has 230 valence electrons. The van der Waals surface area contributed by atoms with Gasteiger partial charge < -0.3 is 25.8 Å². The van der Waals surface area contributed by atoms with Crippen molar-refractivity contribution >= 4 is 41.4 Å². The fraction of sp³-hybridized carbons (Fsp3) is 0.188. The third-order valence-corrected chi connectivity index (χ3v) is 7.37. The van der Waals surface area contributed by atoms with E-state index in [9.17, 15) is 9.59 Å². The lowest BCUT2D eigenvalue weighted by Gasteiger charge is -2.18. The molecule has 12 nitrogen and oxygen atoms in total. The number of rotatable bonds is 10. The van der Waals surface area contributed by atoms with Gasteiger partial charge in [-0.2, -0.15) is 9.97 Å². The second-order valence-electron chi connectivity index (χ2n) is 10.6. The van der Waals surface area contributed by atoms with Gasteiger partial charge in [0.2, 0.25) is 5.91 Å². The molecule has 5 rings (SSSR count). The van der Waals surface area contributed by atoms with E-state index in [0.29, 0.717) is 28.5 Å². The maximum absolute atomic E-state index is 12.9. The zero-order valence-corrected chi connectivity index (χ0v) is 26.0. The maximum atomic E-state index is 12.9. The van der Waals surface area contributed by atoms with E-state index in [4.69, 9.17) is 26.4 Å². The van der Waals surface area contributed by atoms with Crippen LogP contribution in [0, 0.1) is 19.3 Å². The van der Waals surface area contributed by atoms with Crippen molar-refractivity contribution in [2.24, 2.45) is 11.5 Å². The highest BCUT2D eigenvalue weighted by Gasteiger charge is 2.27. The van der Waals surface area contributed by atoms with Crippen LogP contribution in [0.4, 0.5) is 0 Å². The minimum absolute atomic E-state index is 0.0364. The zero-order valence-electron chi connectivity index (χ0n) is 25.1. The topological polar surface area (TPSA) is 175 Å². The lowest BCUT2D eigenvalue weighted by Crippen LogP contribution is -2.29. The molecule has 2 aromatic heterocycles. The molecule has 0 spiro atoms. The molecule has 1 unspecified atom stereocenters. The number of hydrogen-bond acceptors (Lipinski definition) is 9. The first-order valence-electron chi connectivity index (χ1n) is 13.9. The number of nitrogens with one attached hydrogen (secondary N) is 1. The van der Waals surface area contributed by atoms with Gasteiger partial charge >= 0.3 is 6.01 Å². The predicted molar refractivity (Wildman–Crippen MR) is 172 cm³/mol. The highest BCUT2D eigenvalue weighted by Crippen LogP contribution is 2.34. The first kappa shape index (κ1) is 31.0. The van der Waals surface area contributed by atoms with Crippen LogP contribution < -0.4 is 20.9 Å². The molecule has 0 radical (unpaired) electrons. The molecule has 5 aromatic rings. The number of nitrogens with zero attached hydrogens (tertiary/aromatic N) is 5. The van der Waals surface area contributed by atoms with E-state index in [0.717, 1.165) is 16.0 Å². The third-order valence-electron chi connectivity index (χ3n) is 7.07. The molecule has 0 saturated carbocycles. The van der Waals surface area contributed by atoms with Crippen molar-refractivity contribution in [3.05, 3.63) is 94.8 Å². The number of carbonyl (C=O) groups excluding carboxylic acids is 2. The number of amidine groups is 1. The van der Waals surface area contributed by atoms with Crippen LogP contribution in [0.3, 0.4) is 0 Å². The largest absolute Gasteiger partial charge is 0.437 e. The Bertz CT molecular complexity index is 1940. The predicted octanol–water partition coefficient (Wildman–Crippen LogP) is 4.57. The van der Waals surface area contributed by atoms with E-state index in [2.05, 4.69) is 27.6 Å². The summed E-state index contributed by atoms with van der Waals surface area (Å²) in [5.74, 6) is 0.263. The number of fused-ring (bicyclic) bond motifs is 1. The van der Waals surface area contributed by atoms with Crippen LogP contribution in [-0.4, -0.2) is 56.2 Å². The summed E-state index contributed by atoms with van der Waals surface area (Å²) >= 11 is 4.35. The average molecular weight is 625 g/mol. The van der Waals surface area contributed by atoms with Crippen LogP contribution in [0.25, 0.3) is 11.2 Å². The number of benzene rings is 3. The van der Waals surface area contributed by atoms with Crippen molar-refractivity contribution in [3.63, 3.8) is 0 Å². The summed E-state index contributed by atoms with van der Waals surface area (Å²) in [4.78, 5) is 41.6. The highest BCUT2D eigenvalue weighted by molar-refractivity contribution is 7.80. The molecule has 0 saturated heterocycles. The number of amides is 2. The standard InChI is InChI=1S/C32H32N8O4S/c1-17-8-11-20(27(33)34)16-25(17)44-32-37-29-26(30(38-32)43-22-7-5-6-21(15-22)31(42)39(3)4)36-18(2)40(29)24(28(35)41)14-19-9-12-23(45)13-10-19/h5-13,15-16,24,45H,14H2,1-4H3,(H3,33,34)(H2,35,41). The molecule has 0 aliphatic heterocycles. The minimum Gasteiger partial charge on any atom is -0.437 e. The molecular weight excluding hydrogens is 592 g/mol. The van der Waals surface area contributed by atoms with E-state index in [1.54, 1.807) is 68.1 Å². The molecule has 45 heavy (non-hydrogen) atoms. The van der Waals surface area contributed by atoms with Crippen LogP contribution in [0.2, 0.25) is 0 Å². The molecule has 1 atom stereocenters. The summed E-state index contributed by atoms with van der Waals surface area (Å²) in [5, 5.41) is 7.83. The van der Waals surface area contributed by atoms with Gasteiger partial charge in [0.25, 0.3) is 11.8 Å². The van der Waals surface area contributed by atoms with Crippen molar-refractivity contribution in [2.45, 2.75) is 31.2 Å². The summed E-state index contributed by atoms with van der Waals surface area (Å²) in [6, 6.07) is 18.2. The summed E-state index contributed by atoms with van der Waals surface area (Å²) in [6.07, 6.45) is 0.264. The number of hydrogen-bond donors (Lipinski definition) is 4. The smallest absolute Gasteiger partial charge is 0.327 e. The lowest BCUT2D eigenvalue weighted by atomic mass is 10.1. The molecule has 3 aromatic carbocycles. The molecule has 0 bridgehead atoms. The number of thiol groups is 1. The van der Waals surface area contributed by atoms with Crippen molar-refractivity contribution in [3.8, 4) is 23.4 Å². The summed E-state index contributed by atoms with van der Waals surface area (Å²) in [6.45, 7) is 3.56. The summed E-state index contributed by atoms with van der Waals surface area (Å²) in [7, 11) is 3.32. The Labute approximate surface area is 264 Å². The van der Waals surface area contributed by atoms with Crippen molar-refractivity contribution in [2.75, 3.05) is 14.1 Å². The monoisotopic (exact) mass is 624 g/mol. The Morgan fingerprint density at radius 3 is 2.36 bits per heavy atom. The average Bonchev–Trinajstić information content (AvgIpc) is 3.33. The second kappa shape index (κ2) is 12.7. The molecule has 2 amide bonds. The summed E-state index contributed by atoms with van der Waals surface area (Å²) in [5.41, 5.74) is 14.6. The van der Waals surface area contributed by atoms with E-state index < -0.39 is 11.9 Å². The van der Waals surface area contributed by atoms with Crippen LogP contribution in [0.5, 0.6) is 23.4 Å². The minimum atomic E-state index is -0.861. The molecule has 5 N–H and O–H groups in total. The molecular formula is C32H32N8O4S. The number of ether oxygens (including phenoxy) is 2. The first-order chi connectivity index (χ1) is 21.4. The number of nitrogen functional groups attached to an aromatic ring is 1. The Balaban J connectivity index is 1.66. The van der Waals surface area contributed by atoms with Gasteiger partial charge in [0.15, 0.2) is 11.2 Å². The Morgan fingerprint density at radius 1 is 0.956 bits per heavy atom. The number of carbonyl (C=O) groups is 2. The van der Waals surface area contributed by atoms with Gasteiger partial charge in [-0.05, 0) is 61.4 Å².